The van der Waals surface area contributed by atoms with E-state index >= 15 is 0 Å². The molecule has 1 fully saturated rings. The third kappa shape index (κ3) is 4.52. The highest BCUT2D eigenvalue weighted by Crippen LogP contribution is 2.20. The minimum atomic E-state index is -3.48. The molecule has 2 N–H and O–H groups in total. The SMILES string of the molecule is Cc1n[nH]c(C)c1S(=O)(=O)NCCCOC1CCCCC1. The molecule has 2 rings (SSSR count). The number of hydrogen-bond donors (Lipinski definition) is 2. The highest BCUT2D eigenvalue weighted by Gasteiger charge is 2.21. The average molecular weight is 315 g/mol. The Kier molecular flexibility index (Phi) is 5.78. The maximum atomic E-state index is 12.2. The Labute approximate surface area is 126 Å². The normalized spacial score (nSPS) is 17.2. The summed E-state index contributed by atoms with van der Waals surface area (Å²) in [6.07, 6.45) is 7.13. The van der Waals surface area contributed by atoms with E-state index in [1.807, 2.05) is 0 Å². The van der Waals surface area contributed by atoms with Gasteiger partial charge in [0.1, 0.15) is 4.90 Å². The zero-order chi connectivity index (χ0) is 15.3. The summed E-state index contributed by atoms with van der Waals surface area (Å²) in [4.78, 5) is 0.260. The van der Waals surface area contributed by atoms with Crippen LogP contribution in [0.5, 0.6) is 0 Å². The second-order valence-corrected chi connectivity index (χ2v) is 7.35. The molecule has 1 saturated carbocycles. The first-order valence-corrected chi connectivity index (χ1v) is 9.12. The van der Waals surface area contributed by atoms with E-state index in [0.717, 1.165) is 12.8 Å². The van der Waals surface area contributed by atoms with Gasteiger partial charge in [0.2, 0.25) is 10.0 Å². The zero-order valence-electron chi connectivity index (χ0n) is 12.8. The molecule has 120 valence electrons. The average Bonchev–Trinajstić information content (AvgIpc) is 2.79. The Morgan fingerprint density at radius 1 is 1.29 bits per heavy atom. The lowest BCUT2D eigenvalue weighted by Gasteiger charge is -2.21. The molecule has 0 saturated heterocycles. The first-order valence-electron chi connectivity index (χ1n) is 7.63. The van der Waals surface area contributed by atoms with Gasteiger partial charge in [0, 0.05) is 13.2 Å². The molecule has 1 aromatic heterocycles. The number of rotatable bonds is 7. The lowest BCUT2D eigenvalue weighted by Crippen LogP contribution is -2.27. The molecule has 6 nitrogen and oxygen atoms in total. The predicted octanol–water partition coefficient (Wildman–Crippen LogP) is 2.04. The molecule has 0 radical (unpaired) electrons. The van der Waals surface area contributed by atoms with Gasteiger partial charge in [-0.25, -0.2) is 13.1 Å². The highest BCUT2D eigenvalue weighted by molar-refractivity contribution is 7.89. The van der Waals surface area contributed by atoms with Crippen molar-refractivity contribution in [2.45, 2.75) is 63.4 Å². The first kappa shape index (κ1) is 16.5. The molecule has 1 aliphatic carbocycles. The smallest absolute Gasteiger partial charge is 0.244 e. The largest absolute Gasteiger partial charge is 0.378 e. The summed E-state index contributed by atoms with van der Waals surface area (Å²) in [6, 6.07) is 0. The van der Waals surface area contributed by atoms with Gasteiger partial charge in [-0.2, -0.15) is 5.10 Å². The molecule has 0 unspecified atom stereocenters. The molecule has 7 heteroatoms. The molecule has 1 heterocycles. The van der Waals surface area contributed by atoms with E-state index in [2.05, 4.69) is 14.9 Å². The third-order valence-corrected chi connectivity index (χ3v) is 5.57. The fraction of sp³-hybridized carbons (Fsp3) is 0.786. The molecule has 0 aliphatic heterocycles. The van der Waals surface area contributed by atoms with Gasteiger partial charge in [-0.15, -0.1) is 0 Å². The Balaban J connectivity index is 1.72. The van der Waals surface area contributed by atoms with Crippen LogP contribution >= 0.6 is 0 Å². The standard InChI is InChI=1S/C14H25N3O3S/c1-11-14(12(2)17-16-11)21(18,19)15-9-6-10-20-13-7-4-3-5-8-13/h13,15H,3-10H2,1-2H3,(H,16,17). The Morgan fingerprint density at radius 2 is 2.00 bits per heavy atom. The van der Waals surface area contributed by atoms with Crippen molar-refractivity contribution in [2.75, 3.05) is 13.2 Å². The van der Waals surface area contributed by atoms with Gasteiger partial charge in [-0.05, 0) is 33.1 Å². The number of sulfonamides is 1. The van der Waals surface area contributed by atoms with Crippen LogP contribution in [0.1, 0.15) is 49.9 Å². The number of H-pyrrole nitrogens is 1. The monoisotopic (exact) mass is 315 g/mol. The highest BCUT2D eigenvalue weighted by atomic mass is 32.2. The first-order chi connectivity index (χ1) is 10.0. The van der Waals surface area contributed by atoms with Crippen molar-refractivity contribution < 1.29 is 13.2 Å². The van der Waals surface area contributed by atoms with Crippen LogP contribution < -0.4 is 4.72 Å². The van der Waals surface area contributed by atoms with E-state index in [0.29, 0.717) is 37.1 Å². The molecule has 0 aromatic carbocycles. The summed E-state index contributed by atoms with van der Waals surface area (Å²) in [5.74, 6) is 0. The fourth-order valence-corrected chi connectivity index (χ4v) is 4.21. The van der Waals surface area contributed by atoms with Gasteiger partial charge < -0.3 is 4.74 Å². The van der Waals surface area contributed by atoms with Gasteiger partial charge in [0.05, 0.1) is 17.5 Å². The lowest BCUT2D eigenvalue weighted by molar-refractivity contribution is 0.0278. The van der Waals surface area contributed by atoms with Crippen molar-refractivity contribution in [1.29, 1.82) is 0 Å². The Hall–Kier alpha value is -0.920. The van der Waals surface area contributed by atoms with Gasteiger partial charge in [0.25, 0.3) is 0 Å². The molecule has 0 atom stereocenters. The van der Waals surface area contributed by atoms with Gasteiger partial charge in [-0.3, -0.25) is 5.10 Å². The van der Waals surface area contributed by atoms with Crippen molar-refractivity contribution in [3.63, 3.8) is 0 Å². The van der Waals surface area contributed by atoms with Crippen molar-refractivity contribution in [1.82, 2.24) is 14.9 Å². The fourth-order valence-electron chi connectivity index (χ4n) is 2.77. The molecule has 0 bridgehead atoms. The predicted molar refractivity (Wildman–Crippen MR) is 80.7 cm³/mol. The number of ether oxygens (including phenoxy) is 1. The summed E-state index contributed by atoms with van der Waals surface area (Å²) in [5.41, 5.74) is 1.07. The number of hydrogen-bond acceptors (Lipinski definition) is 4. The second-order valence-electron chi connectivity index (χ2n) is 5.65. The third-order valence-electron chi connectivity index (χ3n) is 3.85. The summed E-state index contributed by atoms with van der Waals surface area (Å²) < 4.78 is 32.8. The zero-order valence-corrected chi connectivity index (χ0v) is 13.6. The second kappa shape index (κ2) is 7.38. The molecular formula is C14H25N3O3S. The van der Waals surface area contributed by atoms with Crippen molar-refractivity contribution in [3.8, 4) is 0 Å². The Bertz CT molecular complexity index is 528. The number of nitrogens with zero attached hydrogens (tertiary/aromatic N) is 1. The molecule has 21 heavy (non-hydrogen) atoms. The van der Waals surface area contributed by atoms with E-state index in [9.17, 15) is 8.42 Å². The van der Waals surface area contributed by atoms with E-state index in [1.54, 1.807) is 13.8 Å². The van der Waals surface area contributed by atoms with Crippen LogP contribution in [0.25, 0.3) is 0 Å². The van der Waals surface area contributed by atoms with Gasteiger partial charge in [0.15, 0.2) is 0 Å². The lowest BCUT2D eigenvalue weighted by atomic mass is 9.98. The van der Waals surface area contributed by atoms with E-state index in [4.69, 9.17) is 4.74 Å². The van der Waals surface area contributed by atoms with Gasteiger partial charge in [-0.1, -0.05) is 19.3 Å². The van der Waals surface area contributed by atoms with Crippen LogP contribution in [0.3, 0.4) is 0 Å². The summed E-state index contributed by atoms with van der Waals surface area (Å²) in [5, 5.41) is 6.61. The van der Waals surface area contributed by atoms with Gasteiger partial charge >= 0.3 is 0 Å². The number of nitrogens with one attached hydrogen (secondary N) is 2. The molecule has 1 aliphatic rings. The van der Waals surface area contributed by atoms with E-state index in [-0.39, 0.29) is 4.90 Å². The van der Waals surface area contributed by atoms with Crippen LogP contribution in [-0.4, -0.2) is 37.9 Å². The van der Waals surface area contributed by atoms with Crippen LogP contribution in [-0.2, 0) is 14.8 Å². The van der Waals surface area contributed by atoms with Crippen molar-refractivity contribution in [2.24, 2.45) is 0 Å². The van der Waals surface area contributed by atoms with Crippen molar-refractivity contribution >= 4 is 10.0 Å². The maximum absolute atomic E-state index is 12.2. The number of aryl methyl sites for hydroxylation is 2. The van der Waals surface area contributed by atoms with Crippen LogP contribution in [0.4, 0.5) is 0 Å². The Morgan fingerprint density at radius 3 is 2.62 bits per heavy atom. The molecular weight excluding hydrogens is 290 g/mol. The van der Waals surface area contributed by atoms with Crippen LogP contribution in [0.15, 0.2) is 4.90 Å². The number of aromatic nitrogens is 2. The maximum Gasteiger partial charge on any atom is 0.244 e. The molecule has 0 spiro atoms. The molecule has 1 aromatic rings. The molecule has 0 amide bonds. The van der Waals surface area contributed by atoms with Crippen LogP contribution in [0.2, 0.25) is 0 Å². The summed E-state index contributed by atoms with van der Waals surface area (Å²) >= 11 is 0. The topological polar surface area (TPSA) is 84.1 Å². The van der Waals surface area contributed by atoms with Crippen molar-refractivity contribution in [3.05, 3.63) is 11.4 Å². The quantitative estimate of drug-likeness (QED) is 0.754. The van der Waals surface area contributed by atoms with E-state index < -0.39 is 10.0 Å². The van der Waals surface area contributed by atoms with Crippen LogP contribution in [0, 0.1) is 13.8 Å². The number of aromatic amines is 1. The summed E-state index contributed by atoms with van der Waals surface area (Å²) in [7, 11) is -3.48. The minimum Gasteiger partial charge on any atom is -0.378 e. The summed E-state index contributed by atoms with van der Waals surface area (Å²) in [6.45, 7) is 4.39. The van der Waals surface area contributed by atoms with E-state index in [1.165, 1.54) is 19.3 Å². The minimum absolute atomic E-state index is 0.260.